The molecule has 1 heterocycles. The fourth-order valence-corrected chi connectivity index (χ4v) is 7.71. The van der Waals surface area contributed by atoms with Gasteiger partial charge in [-0.1, -0.05) is 176 Å². The molecule has 0 unspecified atom stereocenters. The zero-order chi connectivity index (χ0) is 52.9. The molecule has 0 aliphatic heterocycles. The number of anilines is 3. The van der Waals surface area contributed by atoms with Crippen molar-refractivity contribution in [1.29, 1.82) is 0 Å². The molecule has 0 bridgehead atoms. The third-order valence-electron chi connectivity index (χ3n) is 10.5. The Labute approximate surface area is 371 Å². The van der Waals surface area contributed by atoms with Crippen molar-refractivity contribution < 1.29 is 25.0 Å². The molecule has 0 aliphatic carbocycles. The predicted molar refractivity (Wildman–Crippen MR) is 253 cm³/mol. The standard InChI is InChI=1S/C58H39NO/c1-4-15-40(16-5-1)45-23-14-24-46(37-45)41-27-31-49(32-28-41)59(55-36-35-51(42-17-6-2-7-18-42)58-57(55)52-25-12-13-26-56(52)60-58)50-33-29-44(30-34-50)54-39-48-22-11-10-21-47(48)38-53(54)43-19-8-3-9-20-43/h1-39H/i3D,8D,9D,10D,11D,19D,20D,21D,22D,29D,30D,33D,34D,38D,39D. The molecule has 2 heteroatoms. The van der Waals surface area contributed by atoms with Crippen LogP contribution in [0.1, 0.15) is 20.6 Å². The molecule has 11 aromatic rings. The Morgan fingerprint density at radius 2 is 0.950 bits per heavy atom. The fourth-order valence-electron chi connectivity index (χ4n) is 7.71. The molecule has 282 valence electrons. The maximum atomic E-state index is 9.98. The van der Waals surface area contributed by atoms with Crippen LogP contribution in [-0.4, -0.2) is 0 Å². The minimum absolute atomic E-state index is 0.240. The Morgan fingerprint density at radius 3 is 1.63 bits per heavy atom. The van der Waals surface area contributed by atoms with Gasteiger partial charge in [0, 0.05) is 22.3 Å². The van der Waals surface area contributed by atoms with Crippen molar-refractivity contribution in [3.8, 4) is 55.6 Å². The molecule has 0 fully saturated rings. The summed E-state index contributed by atoms with van der Waals surface area (Å²) in [7, 11) is 0. The maximum absolute atomic E-state index is 9.98. The summed E-state index contributed by atoms with van der Waals surface area (Å²) in [5, 5.41) is 0.284. The van der Waals surface area contributed by atoms with Gasteiger partial charge < -0.3 is 9.32 Å². The number of hydrogen-bond acceptors (Lipinski definition) is 2. The highest BCUT2D eigenvalue weighted by Crippen LogP contribution is 2.47. The third kappa shape index (κ3) is 6.41. The quantitative estimate of drug-likeness (QED) is 0.153. The highest BCUT2D eigenvalue weighted by molar-refractivity contribution is 6.17. The average molecular weight is 781 g/mol. The van der Waals surface area contributed by atoms with E-state index in [4.69, 9.17) is 16.8 Å². The Hall–Kier alpha value is -7.94. The summed E-state index contributed by atoms with van der Waals surface area (Å²) in [6.45, 7) is 0. The van der Waals surface area contributed by atoms with E-state index in [0.29, 0.717) is 33.3 Å². The summed E-state index contributed by atoms with van der Waals surface area (Å²) < 4.78 is 144. The van der Waals surface area contributed by atoms with Crippen LogP contribution in [0.2, 0.25) is 0 Å². The van der Waals surface area contributed by atoms with Gasteiger partial charge in [0.25, 0.3) is 0 Å². The van der Waals surface area contributed by atoms with E-state index in [0.717, 1.165) is 33.4 Å². The topological polar surface area (TPSA) is 16.4 Å². The van der Waals surface area contributed by atoms with Crippen molar-refractivity contribution in [2.24, 2.45) is 0 Å². The first-order chi connectivity index (χ1) is 36.0. The number of hydrogen-bond donors (Lipinski definition) is 0. The molecule has 1 aromatic heterocycles. The minimum atomic E-state index is -0.820. The number of furan rings is 1. The summed E-state index contributed by atoms with van der Waals surface area (Å²) in [5.74, 6) is 0. The first-order valence-electron chi connectivity index (χ1n) is 26.8. The van der Waals surface area contributed by atoms with Gasteiger partial charge >= 0.3 is 0 Å². The van der Waals surface area contributed by atoms with Crippen LogP contribution >= 0.6 is 0 Å². The second-order valence-electron chi connectivity index (χ2n) is 14.1. The highest BCUT2D eigenvalue weighted by atomic mass is 16.3. The molecule has 0 N–H and O–H groups in total. The first-order valence-corrected chi connectivity index (χ1v) is 19.3. The van der Waals surface area contributed by atoms with Crippen LogP contribution in [0.5, 0.6) is 0 Å². The molecular formula is C58H39NO. The molecule has 60 heavy (non-hydrogen) atoms. The van der Waals surface area contributed by atoms with Crippen molar-refractivity contribution >= 4 is 49.8 Å². The van der Waals surface area contributed by atoms with Crippen LogP contribution in [0.4, 0.5) is 17.1 Å². The van der Waals surface area contributed by atoms with Gasteiger partial charge in [0.05, 0.1) is 31.6 Å². The lowest BCUT2D eigenvalue weighted by Gasteiger charge is -2.27. The van der Waals surface area contributed by atoms with Crippen molar-refractivity contribution in [1.82, 2.24) is 0 Å². The molecule has 2 nitrogen and oxygen atoms in total. The summed E-state index contributed by atoms with van der Waals surface area (Å²) in [6.07, 6.45) is 0. The second-order valence-corrected chi connectivity index (χ2v) is 14.1. The van der Waals surface area contributed by atoms with Gasteiger partial charge in [-0.25, -0.2) is 0 Å². The maximum Gasteiger partial charge on any atom is 0.145 e. The third-order valence-corrected chi connectivity index (χ3v) is 10.5. The van der Waals surface area contributed by atoms with E-state index in [1.54, 1.807) is 4.90 Å². The lowest BCUT2D eigenvalue weighted by molar-refractivity contribution is 0.670. The second kappa shape index (κ2) is 15.1. The Morgan fingerprint density at radius 1 is 0.383 bits per heavy atom. The molecule has 0 saturated carbocycles. The first kappa shape index (κ1) is 22.9. The number of rotatable bonds is 8. The van der Waals surface area contributed by atoms with Gasteiger partial charge in [-0.2, -0.15) is 0 Å². The van der Waals surface area contributed by atoms with Gasteiger partial charge in [0.1, 0.15) is 11.2 Å². The van der Waals surface area contributed by atoms with E-state index in [2.05, 4.69) is 6.07 Å². The van der Waals surface area contributed by atoms with E-state index < -0.39 is 124 Å². The van der Waals surface area contributed by atoms with Crippen LogP contribution in [-0.2, 0) is 0 Å². The molecular weight excluding hydrogens is 727 g/mol. The average Bonchev–Trinajstić information content (AvgIpc) is 3.84. The molecule has 0 spiro atoms. The van der Waals surface area contributed by atoms with Gasteiger partial charge in [-0.15, -0.1) is 0 Å². The van der Waals surface area contributed by atoms with E-state index in [-0.39, 0.29) is 5.69 Å². The number of nitrogens with zero attached hydrogens (tertiary/aromatic N) is 1. The van der Waals surface area contributed by atoms with Crippen LogP contribution < -0.4 is 4.90 Å². The van der Waals surface area contributed by atoms with Crippen LogP contribution in [0, 0.1) is 0 Å². The van der Waals surface area contributed by atoms with E-state index in [1.165, 1.54) is 0 Å². The summed E-state index contributed by atoms with van der Waals surface area (Å²) in [4.78, 5) is 1.61. The van der Waals surface area contributed by atoms with Crippen molar-refractivity contribution in [3.63, 3.8) is 0 Å². The Balaban J connectivity index is 1.22. The molecule has 0 aliphatic rings. The number of fused-ring (bicyclic) bond motifs is 4. The van der Waals surface area contributed by atoms with E-state index >= 15 is 0 Å². The highest BCUT2D eigenvalue weighted by Gasteiger charge is 2.22. The minimum Gasteiger partial charge on any atom is -0.455 e. The Bertz CT molecular complexity index is 4120. The largest absolute Gasteiger partial charge is 0.455 e. The van der Waals surface area contributed by atoms with Crippen LogP contribution in [0.15, 0.2) is 241 Å². The van der Waals surface area contributed by atoms with Gasteiger partial charge in [-0.3, -0.25) is 0 Å². The molecule has 0 saturated heterocycles. The van der Waals surface area contributed by atoms with Gasteiger partial charge in [0.15, 0.2) is 0 Å². The summed E-state index contributed by atoms with van der Waals surface area (Å²) >= 11 is 0. The van der Waals surface area contributed by atoms with E-state index in [1.807, 2.05) is 140 Å². The normalized spacial score (nSPS) is 14.8. The molecule has 0 amide bonds. The molecule has 11 rings (SSSR count). The predicted octanol–water partition coefficient (Wildman–Crippen LogP) is 16.5. The fraction of sp³-hybridized carbons (Fsp3) is 0. The number of benzene rings is 10. The lowest BCUT2D eigenvalue weighted by Crippen LogP contribution is -2.10. The van der Waals surface area contributed by atoms with Crippen molar-refractivity contribution in [2.75, 3.05) is 4.90 Å². The van der Waals surface area contributed by atoms with Crippen molar-refractivity contribution in [2.45, 2.75) is 0 Å². The van der Waals surface area contributed by atoms with Crippen LogP contribution in [0.3, 0.4) is 0 Å². The van der Waals surface area contributed by atoms with Crippen LogP contribution in [0.25, 0.3) is 88.3 Å². The summed E-state index contributed by atoms with van der Waals surface area (Å²) in [6, 6.07) is 34.9. The lowest BCUT2D eigenvalue weighted by atomic mass is 9.91. The summed E-state index contributed by atoms with van der Waals surface area (Å²) in [5.41, 5.74) is 4.59. The van der Waals surface area contributed by atoms with Gasteiger partial charge in [0.2, 0.25) is 0 Å². The van der Waals surface area contributed by atoms with Crippen molar-refractivity contribution in [3.05, 3.63) is 236 Å². The molecule has 10 aromatic carbocycles. The number of para-hydroxylation sites is 1. The molecule has 0 radical (unpaired) electrons. The zero-order valence-electron chi connectivity index (χ0n) is 46.7. The SMILES string of the molecule is [2H]c1c([2H])c([2H])c(-c2c(-c3c([2H])c([2H])c(N(c4ccc(-c5cccc(-c6ccccc6)c5)cc4)c4ccc(-c5ccccc5)c5oc6ccccc6c45)c([2H])c3[2H])c([2H])c3c([2H])c([2H])c([2H])c([2H])c3c2[2H])c([2H])c1[2H]. The Kier molecular flexibility index (Phi) is 5.75. The van der Waals surface area contributed by atoms with E-state index in [9.17, 15) is 8.22 Å². The van der Waals surface area contributed by atoms with Gasteiger partial charge in [-0.05, 0) is 121 Å². The smallest absolute Gasteiger partial charge is 0.145 e. The zero-order valence-corrected chi connectivity index (χ0v) is 31.7. The molecule has 0 atom stereocenters. The monoisotopic (exact) mass is 780 g/mol.